The van der Waals surface area contributed by atoms with Crippen LogP contribution in [0.5, 0.6) is 0 Å². The molecule has 0 aliphatic carbocycles. The summed E-state index contributed by atoms with van der Waals surface area (Å²) in [5.74, 6) is 0.0450. The van der Waals surface area contributed by atoms with Crippen LogP contribution in [0, 0.1) is 0 Å². The maximum Gasteiger partial charge on any atom is 0.194 e. The second-order valence-corrected chi connectivity index (χ2v) is 22.2. The molecule has 1 rings (SSSR count). The first-order valence-electron chi connectivity index (χ1n) is 10.2. The molecular formula is C19H44O4Si3. The highest BCUT2D eigenvalue weighted by Gasteiger charge is 2.43. The molecule has 0 aromatic rings. The molecule has 0 aromatic heterocycles. The van der Waals surface area contributed by atoms with Gasteiger partial charge in [0.05, 0.1) is 22.7 Å². The zero-order valence-corrected chi connectivity index (χ0v) is 22.4. The van der Waals surface area contributed by atoms with Gasteiger partial charge in [-0.05, 0) is 42.7 Å². The quantitative estimate of drug-likeness (QED) is 0.210. The van der Waals surface area contributed by atoms with Crippen LogP contribution >= 0.6 is 0 Å². The van der Waals surface area contributed by atoms with E-state index in [0.29, 0.717) is 6.10 Å². The summed E-state index contributed by atoms with van der Waals surface area (Å²) in [6.07, 6.45) is 1.47. The van der Waals surface area contributed by atoms with Gasteiger partial charge < -0.3 is 18.3 Å². The molecule has 1 heterocycles. The lowest BCUT2D eigenvalue weighted by molar-refractivity contribution is 0.0480. The summed E-state index contributed by atoms with van der Waals surface area (Å²) in [7, 11) is -4.12. The summed E-state index contributed by atoms with van der Waals surface area (Å²) in [5.41, 5.74) is 0. The van der Waals surface area contributed by atoms with Gasteiger partial charge in [0.1, 0.15) is 12.0 Å². The van der Waals surface area contributed by atoms with Crippen LogP contribution in [0.25, 0.3) is 0 Å². The Morgan fingerprint density at radius 1 is 0.962 bits per heavy atom. The van der Waals surface area contributed by atoms with Crippen LogP contribution in [0.3, 0.4) is 0 Å². The maximum absolute atomic E-state index is 6.74. The molecule has 26 heavy (non-hydrogen) atoms. The van der Waals surface area contributed by atoms with E-state index in [1.54, 1.807) is 0 Å². The van der Waals surface area contributed by atoms with Crippen molar-refractivity contribution in [1.82, 2.24) is 0 Å². The largest absolute Gasteiger partial charge is 0.397 e. The smallest absolute Gasteiger partial charge is 0.194 e. The van der Waals surface area contributed by atoms with Crippen molar-refractivity contribution in [3.63, 3.8) is 0 Å². The third-order valence-electron chi connectivity index (χ3n) is 6.15. The topological polar surface area (TPSA) is 40.2 Å². The Kier molecular flexibility index (Phi) is 8.80. The molecule has 1 aliphatic heterocycles. The summed E-state index contributed by atoms with van der Waals surface area (Å²) in [6, 6.07) is 1.21. The molecule has 0 saturated carbocycles. The Morgan fingerprint density at radius 3 is 1.81 bits per heavy atom. The van der Waals surface area contributed by atoms with Crippen LogP contribution in [0.4, 0.5) is 0 Å². The van der Waals surface area contributed by atoms with Crippen molar-refractivity contribution in [2.45, 2.75) is 102 Å². The minimum absolute atomic E-state index is 0.0450. The predicted molar refractivity (Wildman–Crippen MR) is 119 cm³/mol. The van der Waals surface area contributed by atoms with Crippen molar-refractivity contribution >= 4 is 26.2 Å². The zero-order valence-electron chi connectivity index (χ0n) is 19.0. The summed E-state index contributed by atoms with van der Waals surface area (Å²) >= 11 is 0. The van der Waals surface area contributed by atoms with Gasteiger partial charge in [0.2, 0.25) is 0 Å². The lowest BCUT2D eigenvalue weighted by Gasteiger charge is -2.44. The Bertz CT molecular complexity index is 395. The van der Waals surface area contributed by atoms with E-state index in [9.17, 15) is 0 Å². The van der Waals surface area contributed by atoms with E-state index in [-0.39, 0.29) is 16.0 Å². The normalized spacial score (nSPS) is 19.7. The average molecular weight is 421 g/mol. The Labute approximate surface area is 166 Å². The van der Waals surface area contributed by atoms with Gasteiger partial charge in [-0.3, -0.25) is 0 Å². The van der Waals surface area contributed by atoms with E-state index < -0.39 is 26.2 Å². The van der Waals surface area contributed by atoms with Crippen molar-refractivity contribution in [2.75, 3.05) is 19.8 Å². The van der Waals surface area contributed by atoms with Crippen molar-refractivity contribution in [3.05, 3.63) is 0 Å². The fourth-order valence-corrected chi connectivity index (χ4v) is 8.53. The van der Waals surface area contributed by atoms with Gasteiger partial charge in [-0.15, -0.1) is 0 Å². The third-order valence-corrected chi connectivity index (χ3v) is 17.5. The van der Waals surface area contributed by atoms with E-state index in [2.05, 4.69) is 67.7 Å². The first kappa shape index (κ1) is 24.5. The Morgan fingerprint density at radius 2 is 1.42 bits per heavy atom. The second-order valence-electron chi connectivity index (χ2n) is 10.7. The van der Waals surface area contributed by atoms with E-state index in [0.717, 1.165) is 26.2 Å². The molecule has 1 aliphatic rings. The second kappa shape index (κ2) is 9.33. The Hall–Kier alpha value is 0.491. The molecule has 0 amide bonds. The molecule has 1 unspecified atom stereocenters. The van der Waals surface area contributed by atoms with Crippen LogP contribution in [-0.4, -0.2) is 58.0 Å². The molecule has 1 fully saturated rings. The highest BCUT2D eigenvalue weighted by Crippen LogP contribution is 2.40. The highest BCUT2D eigenvalue weighted by molar-refractivity contribution is 6.76. The SMILES string of the molecule is CC(C)(C)[Si](C)(C)OC(O[Si](C)(C)C(C)(C)C)[SiH2]CCCOCC1CO1. The fraction of sp³-hybridized carbons (Fsp3) is 1.00. The van der Waals surface area contributed by atoms with Crippen molar-refractivity contribution in [1.29, 1.82) is 0 Å². The molecule has 0 aromatic carbocycles. The summed E-state index contributed by atoms with van der Waals surface area (Å²) in [6.45, 7) is 25.6. The number of hydrogen-bond donors (Lipinski definition) is 0. The van der Waals surface area contributed by atoms with Gasteiger partial charge in [-0.25, -0.2) is 0 Å². The van der Waals surface area contributed by atoms with Gasteiger partial charge in [-0.2, -0.15) is 0 Å². The standard InChI is InChI=1S/C19H44O4Si3/c1-18(2,3)25(7,8)22-17(23-26(9,10)19(4,5)6)24-13-11-12-20-14-16-15-21-16/h16-17H,11-15,24H2,1-10H3. The Balaban J connectivity index is 2.59. The van der Waals surface area contributed by atoms with Crippen molar-refractivity contribution < 1.29 is 18.3 Å². The molecule has 0 N–H and O–H groups in total. The lowest BCUT2D eigenvalue weighted by atomic mass is 10.2. The molecule has 7 heteroatoms. The van der Waals surface area contributed by atoms with Gasteiger partial charge in [0, 0.05) is 6.61 Å². The zero-order chi connectivity index (χ0) is 20.2. The first-order valence-corrected chi connectivity index (χ1v) is 17.8. The maximum atomic E-state index is 6.74. The summed E-state index contributed by atoms with van der Waals surface area (Å²) in [5, 5.41) is 0.424. The van der Waals surface area contributed by atoms with Gasteiger partial charge >= 0.3 is 0 Å². The van der Waals surface area contributed by atoms with Gasteiger partial charge in [-0.1, -0.05) is 47.6 Å². The van der Waals surface area contributed by atoms with Crippen molar-refractivity contribution in [2.24, 2.45) is 0 Å². The molecule has 1 atom stereocenters. The van der Waals surface area contributed by atoms with E-state index in [1.165, 1.54) is 6.04 Å². The molecule has 1 saturated heterocycles. The fourth-order valence-electron chi connectivity index (χ4n) is 2.05. The van der Waals surface area contributed by atoms with Crippen LogP contribution in [0.2, 0.25) is 42.3 Å². The van der Waals surface area contributed by atoms with Crippen LogP contribution in [0.15, 0.2) is 0 Å². The van der Waals surface area contributed by atoms with Gasteiger partial charge in [0.15, 0.2) is 16.6 Å². The molecule has 4 nitrogen and oxygen atoms in total. The lowest BCUT2D eigenvalue weighted by Crippen LogP contribution is -2.51. The molecule has 0 radical (unpaired) electrons. The highest BCUT2D eigenvalue weighted by atomic mass is 28.4. The van der Waals surface area contributed by atoms with Crippen molar-refractivity contribution in [3.8, 4) is 0 Å². The average Bonchev–Trinajstić information content (AvgIpc) is 3.23. The molecule has 156 valence electrons. The van der Waals surface area contributed by atoms with E-state index in [1.807, 2.05) is 0 Å². The monoisotopic (exact) mass is 420 g/mol. The minimum Gasteiger partial charge on any atom is -0.397 e. The van der Waals surface area contributed by atoms with Crippen LogP contribution < -0.4 is 0 Å². The van der Waals surface area contributed by atoms with E-state index in [4.69, 9.17) is 18.3 Å². The summed E-state index contributed by atoms with van der Waals surface area (Å²) < 4.78 is 24.3. The van der Waals surface area contributed by atoms with Crippen LogP contribution in [-0.2, 0) is 18.3 Å². The first-order chi connectivity index (χ1) is 11.7. The minimum atomic E-state index is -1.82. The number of epoxide rings is 1. The number of ether oxygens (including phenoxy) is 2. The van der Waals surface area contributed by atoms with E-state index >= 15 is 0 Å². The molecular weight excluding hydrogens is 376 g/mol. The number of rotatable bonds is 11. The van der Waals surface area contributed by atoms with Crippen LogP contribution in [0.1, 0.15) is 48.0 Å². The summed E-state index contributed by atoms with van der Waals surface area (Å²) in [4.78, 5) is 0. The van der Waals surface area contributed by atoms with Gasteiger partial charge in [0.25, 0.3) is 0 Å². The molecule has 0 spiro atoms. The predicted octanol–water partition coefficient (Wildman–Crippen LogP) is 4.71. The third kappa shape index (κ3) is 8.24. The molecule has 0 bridgehead atoms. The number of hydrogen-bond acceptors (Lipinski definition) is 4.